The predicted molar refractivity (Wildman–Crippen MR) is 83.5 cm³/mol. The number of hydrogen-bond acceptors (Lipinski definition) is 4. The highest BCUT2D eigenvalue weighted by molar-refractivity contribution is 5.17. The Morgan fingerprint density at radius 3 is 2.70 bits per heavy atom. The summed E-state index contributed by atoms with van der Waals surface area (Å²) in [6, 6.07) is 5.35. The second kappa shape index (κ2) is 7.16. The van der Waals surface area contributed by atoms with Crippen LogP contribution in [0.1, 0.15) is 37.8 Å². The molecule has 3 atom stereocenters. The van der Waals surface area contributed by atoms with Gasteiger partial charge in [0.25, 0.3) is 0 Å². The lowest BCUT2D eigenvalue weighted by molar-refractivity contribution is 0.0832. The molecule has 4 heteroatoms. The Morgan fingerprint density at radius 2 is 2.10 bits per heavy atom. The molecular weight excluding hydrogens is 248 g/mol. The summed E-state index contributed by atoms with van der Waals surface area (Å²) >= 11 is 0. The van der Waals surface area contributed by atoms with E-state index in [0.717, 1.165) is 19.5 Å². The Hall–Kier alpha value is -0.970. The minimum absolute atomic E-state index is 0.179. The molecule has 2 rings (SSSR count). The normalized spacial score (nSPS) is 23.8. The molecule has 0 saturated carbocycles. The molecule has 2 heterocycles. The first-order valence-electron chi connectivity index (χ1n) is 7.69. The van der Waals surface area contributed by atoms with Crippen molar-refractivity contribution in [2.24, 2.45) is 5.73 Å². The molecule has 0 aromatic carbocycles. The number of rotatable bonds is 5. The van der Waals surface area contributed by atoms with Crippen LogP contribution in [-0.2, 0) is 0 Å². The molecule has 112 valence electrons. The minimum atomic E-state index is 0.179. The van der Waals surface area contributed by atoms with Crippen molar-refractivity contribution >= 4 is 0 Å². The van der Waals surface area contributed by atoms with E-state index < -0.39 is 0 Å². The van der Waals surface area contributed by atoms with E-state index in [0.29, 0.717) is 12.1 Å². The molecule has 3 unspecified atom stereocenters. The summed E-state index contributed by atoms with van der Waals surface area (Å²) in [5, 5.41) is 0. The molecule has 2 N–H and O–H groups in total. The van der Waals surface area contributed by atoms with E-state index in [1.54, 1.807) is 0 Å². The topological polar surface area (TPSA) is 45.4 Å². The van der Waals surface area contributed by atoms with Gasteiger partial charge in [0.15, 0.2) is 0 Å². The highest BCUT2D eigenvalue weighted by Crippen LogP contribution is 2.28. The Kier molecular flexibility index (Phi) is 5.52. The molecule has 0 spiro atoms. The third-order valence-corrected chi connectivity index (χ3v) is 4.48. The molecule has 1 fully saturated rings. The fourth-order valence-electron chi connectivity index (χ4n) is 3.17. The zero-order chi connectivity index (χ0) is 14.5. The number of aromatic nitrogens is 1. The van der Waals surface area contributed by atoms with Crippen molar-refractivity contribution in [3.05, 3.63) is 30.1 Å². The predicted octanol–water partition coefficient (Wildman–Crippen LogP) is 1.89. The van der Waals surface area contributed by atoms with Crippen molar-refractivity contribution in [2.45, 2.75) is 44.3 Å². The minimum Gasteiger partial charge on any atom is -0.326 e. The number of likely N-dealkylation sites (tertiary alicyclic amines) is 1. The van der Waals surface area contributed by atoms with Gasteiger partial charge < -0.3 is 10.6 Å². The Labute approximate surface area is 123 Å². The van der Waals surface area contributed by atoms with Crippen LogP contribution in [0.15, 0.2) is 24.5 Å². The SMILES string of the molecule is CCC(N)C(c1ccncc1)N1CCCC(N(C)C)C1. The summed E-state index contributed by atoms with van der Waals surface area (Å²) in [5.74, 6) is 0. The van der Waals surface area contributed by atoms with E-state index >= 15 is 0 Å². The number of likely N-dealkylation sites (N-methyl/N-ethyl adjacent to an activating group) is 1. The Balaban J connectivity index is 2.18. The summed E-state index contributed by atoms with van der Waals surface area (Å²) < 4.78 is 0. The van der Waals surface area contributed by atoms with Gasteiger partial charge in [-0.25, -0.2) is 0 Å². The van der Waals surface area contributed by atoms with Crippen LogP contribution in [0, 0.1) is 0 Å². The lowest BCUT2D eigenvalue weighted by Crippen LogP contribution is -2.50. The van der Waals surface area contributed by atoms with Crippen molar-refractivity contribution in [3.8, 4) is 0 Å². The molecule has 0 radical (unpaired) electrons. The second-order valence-electron chi connectivity index (χ2n) is 6.05. The first-order chi connectivity index (χ1) is 9.63. The standard InChI is InChI=1S/C16H28N4/c1-4-15(17)16(13-7-9-18-10-8-13)20-11-5-6-14(12-20)19(2)3/h7-10,14-16H,4-6,11-12,17H2,1-3H3. The summed E-state index contributed by atoms with van der Waals surface area (Å²) in [5.41, 5.74) is 7.73. The molecule has 4 nitrogen and oxygen atoms in total. The van der Waals surface area contributed by atoms with Gasteiger partial charge in [0.05, 0.1) is 6.04 Å². The average Bonchev–Trinajstić information content (AvgIpc) is 2.48. The molecule has 0 aliphatic carbocycles. The Morgan fingerprint density at radius 1 is 1.40 bits per heavy atom. The highest BCUT2D eigenvalue weighted by Gasteiger charge is 2.30. The largest absolute Gasteiger partial charge is 0.326 e. The number of pyridine rings is 1. The van der Waals surface area contributed by atoms with Gasteiger partial charge in [0.2, 0.25) is 0 Å². The highest BCUT2D eigenvalue weighted by atomic mass is 15.2. The van der Waals surface area contributed by atoms with Crippen LogP contribution in [0.3, 0.4) is 0 Å². The van der Waals surface area contributed by atoms with Crippen molar-refractivity contribution in [3.63, 3.8) is 0 Å². The lowest BCUT2D eigenvalue weighted by atomic mass is 9.93. The fraction of sp³-hybridized carbons (Fsp3) is 0.688. The van der Waals surface area contributed by atoms with Gasteiger partial charge >= 0.3 is 0 Å². The van der Waals surface area contributed by atoms with Crippen molar-refractivity contribution < 1.29 is 0 Å². The van der Waals surface area contributed by atoms with Gasteiger partial charge in [-0.15, -0.1) is 0 Å². The number of nitrogens with two attached hydrogens (primary N) is 1. The van der Waals surface area contributed by atoms with E-state index in [9.17, 15) is 0 Å². The van der Waals surface area contributed by atoms with Crippen LogP contribution in [0.25, 0.3) is 0 Å². The maximum absolute atomic E-state index is 6.43. The van der Waals surface area contributed by atoms with Crippen LogP contribution >= 0.6 is 0 Å². The first-order valence-corrected chi connectivity index (χ1v) is 7.69. The van der Waals surface area contributed by atoms with Gasteiger partial charge in [0.1, 0.15) is 0 Å². The molecular formula is C16H28N4. The smallest absolute Gasteiger partial charge is 0.0500 e. The van der Waals surface area contributed by atoms with E-state index in [1.165, 1.54) is 18.4 Å². The molecule has 0 bridgehead atoms. The van der Waals surface area contributed by atoms with E-state index in [2.05, 4.69) is 47.9 Å². The number of piperidine rings is 1. The van der Waals surface area contributed by atoms with Gasteiger partial charge in [-0.05, 0) is 57.6 Å². The van der Waals surface area contributed by atoms with E-state index in [4.69, 9.17) is 5.73 Å². The van der Waals surface area contributed by atoms with Crippen LogP contribution in [0.5, 0.6) is 0 Å². The number of nitrogens with zero attached hydrogens (tertiary/aromatic N) is 3. The Bertz CT molecular complexity index is 393. The molecule has 20 heavy (non-hydrogen) atoms. The molecule has 1 saturated heterocycles. The molecule has 0 amide bonds. The van der Waals surface area contributed by atoms with E-state index in [-0.39, 0.29) is 6.04 Å². The van der Waals surface area contributed by atoms with Gasteiger partial charge in [-0.2, -0.15) is 0 Å². The third kappa shape index (κ3) is 3.57. The monoisotopic (exact) mass is 276 g/mol. The zero-order valence-corrected chi connectivity index (χ0v) is 13.0. The van der Waals surface area contributed by atoms with Gasteiger partial charge in [0, 0.05) is 31.0 Å². The molecule has 1 aromatic heterocycles. The molecule has 1 aliphatic heterocycles. The third-order valence-electron chi connectivity index (χ3n) is 4.48. The van der Waals surface area contributed by atoms with Crippen LogP contribution < -0.4 is 5.73 Å². The van der Waals surface area contributed by atoms with Crippen molar-refractivity contribution in [1.29, 1.82) is 0 Å². The molecule has 1 aromatic rings. The number of hydrogen-bond donors (Lipinski definition) is 1. The van der Waals surface area contributed by atoms with Crippen molar-refractivity contribution in [2.75, 3.05) is 27.2 Å². The second-order valence-corrected chi connectivity index (χ2v) is 6.05. The quantitative estimate of drug-likeness (QED) is 0.892. The summed E-state index contributed by atoms with van der Waals surface area (Å²) in [4.78, 5) is 9.04. The summed E-state index contributed by atoms with van der Waals surface area (Å²) in [6.07, 6.45) is 7.28. The first kappa shape index (κ1) is 15.4. The summed E-state index contributed by atoms with van der Waals surface area (Å²) in [7, 11) is 4.35. The van der Waals surface area contributed by atoms with Gasteiger partial charge in [-0.1, -0.05) is 6.92 Å². The van der Waals surface area contributed by atoms with Crippen LogP contribution in [0.4, 0.5) is 0 Å². The fourth-order valence-corrected chi connectivity index (χ4v) is 3.17. The lowest BCUT2D eigenvalue weighted by Gasteiger charge is -2.42. The van der Waals surface area contributed by atoms with Crippen molar-refractivity contribution in [1.82, 2.24) is 14.8 Å². The average molecular weight is 276 g/mol. The van der Waals surface area contributed by atoms with Crippen LogP contribution in [-0.4, -0.2) is 54.1 Å². The summed E-state index contributed by atoms with van der Waals surface area (Å²) in [6.45, 7) is 4.42. The van der Waals surface area contributed by atoms with E-state index in [1.807, 2.05) is 12.4 Å². The molecule has 1 aliphatic rings. The maximum atomic E-state index is 6.43. The van der Waals surface area contributed by atoms with Gasteiger partial charge in [-0.3, -0.25) is 9.88 Å². The van der Waals surface area contributed by atoms with Crippen LogP contribution in [0.2, 0.25) is 0 Å². The maximum Gasteiger partial charge on any atom is 0.0500 e. The zero-order valence-electron chi connectivity index (χ0n) is 13.0.